The summed E-state index contributed by atoms with van der Waals surface area (Å²) in [6, 6.07) is 6.59. The summed E-state index contributed by atoms with van der Waals surface area (Å²) in [5.41, 5.74) is 2.19. The van der Waals surface area contributed by atoms with Crippen molar-refractivity contribution in [3.05, 3.63) is 59.9 Å². The van der Waals surface area contributed by atoms with Crippen LogP contribution in [0.4, 0.5) is 4.39 Å². The molecule has 2 aromatic rings. The van der Waals surface area contributed by atoms with Gasteiger partial charge in [0.15, 0.2) is 0 Å². The van der Waals surface area contributed by atoms with Crippen molar-refractivity contribution in [2.24, 2.45) is 0 Å². The fourth-order valence-electron chi connectivity index (χ4n) is 1.54. The third-order valence-electron chi connectivity index (χ3n) is 2.45. The smallest absolute Gasteiger partial charge is 0.123 e. The molecule has 2 rings (SSSR count). The molecule has 1 aromatic carbocycles. The Balaban J connectivity index is 1.71. The Morgan fingerprint density at radius 1 is 1.00 bits per heavy atom. The van der Waals surface area contributed by atoms with Crippen LogP contribution in [0.2, 0.25) is 0 Å². The van der Waals surface area contributed by atoms with Crippen LogP contribution in [0.25, 0.3) is 0 Å². The minimum absolute atomic E-state index is 0.192. The van der Waals surface area contributed by atoms with E-state index in [-0.39, 0.29) is 5.82 Å². The van der Waals surface area contributed by atoms with Gasteiger partial charge in [0.2, 0.25) is 0 Å². The first kappa shape index (κ1) is 11.7. The zero-order valence-electron chi connectivity index (χ0n) is 9.44. The van der Waals surface area contributed by atoms with Crippen molar-refractivity contribution < 1.29 is 4.39 Å². The molecule has 0 amide bonds. The second kappa shape index (κ2) is 6.06. The standard InChI is InChI=1S/C13H14FN3/c14-13-3-1-11(2-4-13)5-6-15-7-12-8-16-10-17-9-12/h1-4,8-10,15H,5-7H2. The molecule has 0 unspecified atom stereocenters. The predicted molar refractivity (Wildman–Crippen MR) is 63.8 cm³/mol. The molecule has 3 nitrogen and oxygen atoms in total. The largest absolute Gasteiger partial charge is 0.312 e. The number of nitrogens with zero attached hydrogens (tertiary/aromatic N) is 2. The lowest BCUT2D eigenvalue weighted by atomic mass is 10.1. The van der Waals surface area contributed by atoms with E-state index in [2.05, 4.69) is 15.3 Å². The Kier molecular flexibility index (Phi) is 4.16. The molecule has 17 heavy (non-hydrogen) atoms. The van der Waals surface area contributed by atoms with Gasteiger partial charge in [0, 0.05) is 24.5 Å². The average Bonchev–Trinajstić information content (AvgIpc) is 2.38. The highest BCUT2D eigenvalue weighted by Gasteiger charge is 1.95. The van der Waals surface area contributed by atoms with E-state index in [9.17, 15) is 4.39 Å². The molecule has 0 fully saturated rings. The van der Waals surface area contributed by atoms with Gasteiger partial charge in [0.25, 0.3) is 0 Å². The van der Waals surface area contributed by atoms with Crippen LogP contribution >= 0.6 is 0 Å². The summed E-state index contributed by atoms with van der Waals surface area (Å²) < 4.78 is 12.7. The Morgan fingerprint density at radius 3 is 2.41 bits per heavy atom. The monoisotopic (exact) mass is 231 g/mol. The number of halogens is 1. The molecule has 0 atom stereocenters. The zero-order valence-corrected chi connectivity index (χ0v) is 9.44. The summed E-state index contributed by atoms with van der Waals surface area (Å²) in [4.78, 5) is 7.88. The summed E-state index contributed by atoms with van der Waals surface area (Å²) in [5.74, 6) is -0.192. The summed E-state index contributed by atoms with van der Waals surface area (Å²) in [5, 5.41) is 3.29. The number of hydrogen-bond donors (Lipinski definition) is 1. The highest BCUT2D eigenvalue weighted by atomic mass is 19.1. The first-order valence-electron chi connectivity index (χ1n) is 5.53. The molecular formula is C13H14FN3. The highest BCUT2D eigenvalue weighted by molar-refractivity contribution is 5.16. The number of aromatic nitrogens is 2. The first-order valence-corrected chi connectivity index (χ1v) is 5.53. The quantitative estimate of drug-likeness (QED) is 0.799. The van der Waals surface area contributed by atoms with E-state index in [0.29, 0.717) is 0 Å². The topological polar surface area (TPSA) is 37.8 Å². The van der Waals surface area contributed by atoms with E-state index in [1.165, 1.54) is 18.5 Å². The molecule has 0 spiro atoms. The summed E-state index contributed by atoms with van der Waals surface area (Å²) in [6.45, 7) is 1.60. The highest BCUT2D eigenvalue weighted by Crippen LogP contribution is 2.02. The van der Waals surface area contributed by atoms with E-state index in [4.69, 9.17) is 0 Å². The van der Waals surface area contributed by atoms with Gasteiger partial charge < -0.3 is 5.32 Å². The molecule has 1 heterocycles. The molecule has 0 aliphatic rings. The fraction of sp³-hybridized carbons (Fsp3) is 0.231. The number of rotatable bonds is 5. The van der Waals surface area contributed by atoms with E-state index < -0.39 is 0 Å². The summed E-state index contributed by atoms with van der Waals surface area (Å²) in [7, 11) is 0. The molecule has 0 bridgehead atoms. The lowest BCUT2D eigenvalue weighted by Crippen LogP contribution is -2.16. The first-order chi connectivity index (χ1) is 8.34. The van der Waals surface area contributed by atoms with Crippen LogP contribution in [-0.4, -0.2) is 16.5 Å². The van der Waals surface area contributed by atoms with Crippen LogP contribution in [-0.2, 0) is 13.0 Å². The number of nitrogens with one attached hydrogen (secondary N) is 1. The molecule has 0 aliphatic heterocycles. The lowest BCUT2D eigenvalue weighted by molar-refractivity contribution is 0.626. The molecule has 0 aliphatic carbocycles. The van der Waals surface area contributed by atoms with Gasteiger partial charge in [0.05, 0.1) is 0 Å². The maximum atomic E-state index is 12.7. The minimum Gasteiger partial charge on any atom is -0.312 e. The van der Waals surface area contributed by atoms with Crippen molar-refractivity contribution in [3.8, 4) is 0 Å². The number of benzene rings is 1. The van der Waals surface area contributed by atoms with Crippen molar-refractivity contribution in [1.82, 2.24) is 15.3 Å². The van der Waals surface area contributed by atoms with Crippen molar-refractivity contribution in [2.45, 2.75) is 13.0 Å². The van der Waals surface area contributed by atoms with Gasteiger partial charge in [-0.05, 0) is 30.7 Å². The van der Waals surface area contributed by atoms with Gasteiger partial charge >= 0.3 is 0 Å². The second-order valence-corrected chi connectivity index (χ2v) is 3.80. The van der Waals surface area contributed by atoms with Gasteiger partial charge in [-0.2, -0.15) is 0 Å². The van der Waals surface area contributed by atoms with Crippen LogP contribution in [0.3, 0.4) is 0 Å². The summed E-state index contributed by atoms with van der Waals surface area (Å²) >= 11 is 0. The maximum Gasteiger partial charge on any atom is 0.123 e. The lowest BCUT2D eigenvalue weighted by Gasteiger charge is -2.04. The normalized spacial score (nSPS) is 10.4. The number of hydrogen-bond acceptors (Lipinski definition) is 3. The SMILES string of the molecule is Fc1ccc(CCNCc2cncnc2)cc1. The minimum atomic E-state index is -0.192. The molecule has 1 N–H and O–H groups in total. The van der Waals surface area contributed by atoms with Gasteiger partial charge in [-0.1, -0.05) is 12.1 Å². The van der Waals surface area contributed by atoms with Gasteiger partial charge in [0.1, 0.15) is 12.1 Å². The molecule has 1 aromatic heterocycles. The van der Waals surface area contributed by atoms with Gasteiger partial charge in [-0.15, -0.1) is 0 Å². The Morgan fingerprint density at radius 2 is 1.71 bits per heavy atom. The Labute approximate surface area is 99.7 Å². The summed E-state index contributed by atoms with van der Waals surface area (Å²) in [6.07, 6.45) is 5.98. The molecule has 0 radical (unpaired) electrons. The van der Waals surface area contributed by atoms with Gasteiger partial charge in [-0.3, -0.25) is 0 Å². The molecule has 4 heteroatoms. The predicted octanol–water partition coefficient (Wildman–Crippen LogP) is 1.95. The van der Waals surface area contributed by atoms with E-state index in [1.54, 1.807) is 12.4 Å². The van der Waals surface area contributed by atoms with Crippen LogP contribution < -0.4 is 5.32 Å². The molecule has 0 saturated carbocycles. The van der Waals surface area contributed by atoms with Crippen molar-refractivity contribution in [2.75, 3.05) is 6.54 Å². The van der Waals surface area contributed by atoms with E-state index in [0.717, 1.165) is 30.6 Å². The second-order valence-electron chi connectivity index (χ2n) is 3.80. The Hall–Kier alpha value is -1.81. The molecule has 88 valence electrons. The molecule has 0 saturated heterocycles. The van der Waals surface area contributed by atoms with Crippen molar-refractivity contribution in [3.63, 3.8) is 0 Å². The van der Waals surface area contributed by atoms with Crippen molar-refractivity contribution >= 4 is 0 Å². The van der Waals surface area contributed by atoms with Gasteiger partial charge in [-0.25, -0.2) is 14.4 Å². The third-order valence-corrected chi connectivity index (χ3v) is 2.45. The van der Waals surface area contributed by atoms with Crippen LogP contribution in [0.15, 0.2) is 43.0 Å². The van der Waals surface area contributed by atoms with E-state index >= 15 is 0 Å². The van der Waals surface area contributed by atoms with Crippen LogP contribution in [0, 0.1) is 5.82 Å². The zero-order chi connectivity index (χ0) is 11.9. The fourth-order valence-corrected chi connectivity index (χ4v) is 1.54. The Bertz CT molecular complexity index is 442. The van der Waals surface area contributed by atoms with Crippen molar-refractivity contribution in [1.29, 1.82) is 0 Å². The van der Waals surface area contributed by atoms with Crippen LogP contribution in [0.1, 0.15) is 11.1 Å². The molecular weight excluding hydrogens is 217 g/mol. The average molecular weight is 231 g/mol. The third kappa shape index (κ3) is 3.92. The van der Waals surface area contributed by atoms with E-state index in [1.807, 2.05) is 12.1 Å². The van der Waals surface area contributed by atoms with Crippen LogP contribution in [0.5, 0.6) is 0 Å². The maximum absolute atomic E-state index is 12.7.